The first-order chi connectivity index (χ1) is 29.8. The van der Waals surface area contributed by atoms with Gasteiger partial charge in [0.1, 0.15) is 28.7 Å². The Hall–Kier alpha value is -5.30. The molecule has 0 fully saturated rings. The summed E-state index contributed by atoms with van der Waals surface area (Å²) in [6.07, 6.45) is 0.496. The normalized spacial score (nSPS) is 15.3. The van der Waals surface area contributed by atoms with Gasteiger partial charge in [-0.05, 0) is 73.5 Å². The molecule has 1 radical (unpaired) electrons. The molecule has 0 saturated carbocycles. The van der Waals surface area contributed by atoms with Gasteiger partial charge >= 0.3 is 0 Å². The zero-order chi connectivity index (χ0) is 46.7. The van der Waals surface area contributed by atoms with Crippen LogP contribution in [0, 0.1) is 57.8 Å². The first kappa shape index (κ1) is 26.5. The maximum absolute atomic E-state index is 16.2. The van der Waals surface area contributed by atoms with E-state index in [2.05, 4.69) is 32.2 Å². The second-order valence-corrected chi connectivity index (χ2v) is 13.6. The summed E-state index contributed by atoms with van der Waals surface area (Å²) >= 11 is 0. The zero-order valence-electron chi connectivity index (χ0n) is 41.1. The Morgan fingerprint density at radius 1 is 0.852 bits per heavy atom. The number of furan rings is 1. The fraction of sp³-hybridized carbons (Fsp3) is 0.217. The van der Waals surface area contributed by atoms with E-state index < -0.39 is 38.2 Å². The van der Waals surface area contributed by atoms with Gasteiger partial charge in [0.15, 0.2) is 0 Å². The molecule has 4 aromatic carbocycles. The van der Waals surface area contributed by atoms with Gasteiger partial charge in [-0.1, -0.05) is 92.7 Å². The second kappa shape index (κ2) is 15.6. The van der Waals surface area contributed by atoms with Gasteiger partial charge in [-0.15, -0.1) is 53.6 Å². The van der Waals surface area contributed by atoms with Crippen molar-refractivity contribution in [1.29, 1.82) is 0 Å². The summed E-state index contributed by atoms with van der Waals surface area (Å²) in [5, 5.41) is 5.58. The van der Waals surface area contributed by atoms with Crippen LogP contribution < -0.4 is 0 Å². The topological polar surface area (TPSA) is 69.6 Å². The van der Waals surface area contributed by atoms with Crippen LogP contribution in [0.25, 0.3) is 61.3 Å². The Morgan fingerprint density at radius 3 is 2.28 bits per heavy atom. The minimum absolute atomic E-state index is 0. The van der Waals surface area contributed by atoms with E-state index in [0.29, 0.717) is 61.5 Å². The van der Waals surface area contributed by atoms with Crippen LogP contribution in [0.3, 0.4) is 0 Å². The second-order valence-electron chi connectivity index (χ2n) is 13.6. The van der Waals surface area contributed by atoms with Crippen LogP contribution in [0.2, 0.25) is 0 Å². The molecule has 0 N–H and O–H groups in total. The number of fused-ring (bicyclic) bond motifs is 3. The summed E-state index contributed by atoms with van der Waals surface area (Å²) in [5.74, 6) is 0.504. The number of nitrogens with zero attached hydrogens (tertiary/aromatic N) is 5. The zero-order valence-corrected chi connectivity index (χ0v) is 32.5. The molecule has 0 atom stereocenters. The van der Waals surface area contributed by atoms with Crippen LogP contribution in [0.4, 0.5) is 4.39 Å². The molecular formula is C46H42FIrN5O-2. The van der Waals surface area contributed by atoms with Crippen molar-refractivity contribution in [3.8, 4) is 39.3 Å². The van der Waals surface area contributed by atoms with Gasteiger partial charge in [0.2, 0.25) is 0 Å². The van der Waals surface area contributed by atoms with Crippen molar-refractivity contribution in [1.82, 2.24) is 24.7 Å². The molecule has 0 aliphatic rings. The van der Waals surface area contributed by atoms with Crippen molar-refractivity contribution in [3.63, 3.8) is 0 Å². The van der Waals surface area contributed by atoms with Crippen LogP contribution in [0.5, 0.6) is 0 Å². The van der Waals surface area contributed by atoms with E-state index in [1.807, 2.05) is 30.3 Å². The molecular weight excluding hydrogens is 850 g/mol. The molecule has 0 aliphatic heterocycles. The molecule has 0 amide bonds. The number of hydrogen-bond donors (Lipinski definition) is 0. The summed E-state index contributed by atoms with van der Waals surface area (Å²) in [7, 11) is 0. The minimum atomic E-state index is -2.58. The Kier molecular flexibility index (Phi) is 7.64. The molecule has 0 bridgehead atoms. The van der Waals surface area contributed by atoms with E-state index in [1.54, 1.807) is 58.9 Å². The van der Waals surface area contributed by atoms with E-state index in [9.17, 15) is 0 Å². The van der Waals surface area contributed by atoms with Crippen LogP contribution in [0.15, 0.2) is 102 Å². The van der Waals surface area contributed by atoms with Crippen LogP contribution in [-0.2, 0) is 26.5 Å². The average Bonchev–Trinajstić information content (AvgIpc) is 3.76. The fourth-order valence-electron chi connectivity index (χ4n) is 6.07. The maximum Gasteiger partial charge on any atom is 0.150 e. The summed E-state index contributed by atoms with van der Waals surface area (Å²) in [5.41, 5.74) is 3.36. The van der Waals surface area contributed by atoms with Crippen molar-refractivity contribution in [3.05, 3.63) is 149 Å². The number of pyridine rings is 2. The van der Waals surface area contributed by atoms with Gasteiger partial charge < -0.3 is 14.4 Å². The van der Waals surface area contributed by atoms with Crippen molar-refractivity contribution < 1.29 is 44.0 Å². The van der Waals surface area contributed by atoms with Gasteiger partial charge in [0, 0.05) is 53.0 Å². The molecule has 4 aromatic heterocycles. The Morgan fingerprint density at radius 2 is 1.63 bits per heavy atom. The number of benzene rings is 4. The number of halogens is 1. The van der Waals surface area contributed by atoms with Crippen molar-refractivity contribution in [2.45, 2.75) is 61.5 Å². The van der Waals surface area contributed by atoms with E-state index in [-0.39, 0.29) is 53.7 Å². The largest absolute Gasteiger partial charge is 0.500 e. The molecule has 275 valence electrons. The number of rotatable bonds is 5. The van der Waals surface area contributed by atoms with Gasteiger partial charge in [-0.2, -0.15) is 5.10 Å². The summed E-state index contributed by atoms with van der Waals surface area (Å²) in [6, 6.07) is 29.3. The minimum Gasteiger partial charge on any atom is -0.500 e. The van der Waals surface area contributed by atoms with Crippen LogP contribution in [-0.4, -0.2) is 24.7 Å². The molecule has 0 spiro atoms. The first-order valence-corrected chi connectivity index (χ1v) is 16.8. The third kappa shape index (κ3) is 7.96. The van der Waals surface area contributed by atoms with Crippen molar-refractivity contribution in [2.24, 2.45) is 5.41 Å². The SMILES string of the molecule is [2H]C([2H])([2H])c1c[c-]c(-c2ccc(C([2H])([2H])[2H])cn2)cc1.[2H]C([2H])([2H])c1cnc(-c2[c-]ccc3c2oc2c(-c4ccccc4)c(-n4nc(C)nc4C)c(F)cc23)cc1C([2H])([2H])C(C)(C)C.[Ir]. The van der Waals surface area contributed by atoms with Gasteiger partial charge in [0.25, 0.3) is 0 Å². The predicted molar refractivity (Wildman–Crippen MR) is 211 cm³/mol. The smallest absolute Gasteiger partial charge is 0.150 e. The quantitative estimate of drug-likeness (QED) is 0.161. The molecule has 4 heterocycles. The molecule has 0 saturated heterocycles. The van der Waals surface area contributed by atoms with Crippen LogP contribution in [0.1, 0.15) is 69.8 Å². The maximum atomic E-state index is 16.2. The van der Waals surface area contributed by atoms with E-state index in [0.717, 1.165) is 0 Å². The fourth-order valence-corrected chi connectivity index (χ4v) is 6.07. The first-order valence-electron chi connectivity index (χ1n) is 22.3. The van der Waals surface area contributed by atoms with Gasteiger partial charge in [-0.3, -0.25) is 0 Å². The van der Waals surface area contributed by atoms with Crippen LogP contribution >= 0.6 is 0 Å². The number of hydrogen-bond acceptors (Lipinski definition) is 5. The summed E-state index contributed by atoms with van der Waals surface area (Å²) in [4.78, 5) is 12.9. The van der Waals surface area contributed by atoms with Gasteiger partial charge in [-0.25, -0.2) is 14.1 Å². The molecule has 8 aromatic rings. The summed E-state index contributed by atoms with van der Waals surface area (Å²) < 4.78 is 110. The van der Waals surface area contributed by atoms with Gasteiger partial charge in [0.05, 0.1) is 11.1 Å². The standard InChI is InChI=1S/C33H30FN4O.C13H12N.Ir/c1-19-18-35-28(15-23(19)17-33(4,5)6)25-14-10-13-24-26-16-27(34)30(38-21(3)36-20(2)37-38)29(32(26)39-31(24)25)22-11-8-7-9-12-22;1-10-3-6-12(7-4-10)13-8-5-11(2)9-14-13;/h7-13,15-16,18H,17H2,1-6H3;3-6,8-9H,1-2H3;/q2*-1;/i1D3,17D2;1D3,2D3;. The summed E-state index contributed by atoms with van der Waals surface area (Å²) in [6.45, 7) is 1.74. The molecule has 8 heteroatoms. The monoisotopic (exact) mass is 903 g/mol. The van der Waals surface area contributed by atoms with E-state index >= 15 is 4.39 Å². The Labute approximate surface area is 345 Å². The van der Waals surface area contributed by atoms with Crippen molar-refractivity contribution in [2.75, 3.05) is 0 Å². The third-order valence-electron chi connectivity index (χ3n) is 8.32. The van der Waals surface area contributed by atoms with E-state index in [1.165, 1.54) is 47.4 Å². The average molecular weight is 903 g/mol. The van der Waals surface area contributed by atoms with Crippen molar-refractivity contribution >= 4 is 21.9 Å². The van der Waals surface area contributed by atoms with E-state index in [4.69, 9.17) is 19.5 Å². The predicted octanol–water partition coefficient (Wildman–Crippen LogP) is 11.5. The number of aryl methyl sites for hydroxylation is 5. The molecule has 54 heavy (non-hydrogen) atoms. The molecule has 6 nitrogen and oxygen atoms in total. The Balaban J connectivity index is 0.000000280. The Bertz CT molecular complexity index is 2940. The molecule has 8 rings (SSSR count). The molecule has 0 aliphatic carbocycles. The number of aromatic nitrogens is 5. The third-order valence-corrected chi connectivity index (χ3v) is 8.32. The molecule has 0 unspecified atom stereocenters.